The number of pyridine rings is 1. The lowest BCUT2D eigenvalue weighted by Gasteiger charge is -2.40. The monoisotopic (exact) mass is 332 g/mol. The smallest absolute Gasteiger partial charge is 0.410 e. The number of hydrogen-bond donors (Lipinski definition) is 0. The van der Waals surface area contributed by atoms with Crippen LogP contribution < -0.4 is 4.74 Å². The molecule has 0 spiro atoms. The summed E-state index contributed by atoms with van der Waals surface area (Å²) in [4.78, 5) is 28.8. The molecule has 6 heteroatoms. The van der Waals surface area contributed by atoms with Gasteiger partial charge in [0.25, 0.3) is 0 Å². The molecule has 3 atom stereocenters. The predicted molar refractivity (Wildman–Crippen MR) is 88.0 cm³/mol. The largest absolute Gasteiger partial charge is 0.490 e. The van der Waals surface area contributed by atoms with E-state index < -0.39 is 5.60 Å². The molecule has 0 aromatic carbocycles. The van der Waals surface area contributed by atoms with Gasteiger partial charge in [0, 0.05) is 18.7 Å². The number of aldehydes is 1. The highest BCUT2D eigenvalue weighted by molar-refractivity contribution is 5.69. The standard InChI is InChI=1S/C18H24N2O4/c1-18(2,3)24-17(22)20-5-4-14(20)11-23-15-6-12(8-19-9-15)16-7-13(16)10-21/h6,8-10,13-14,16H,4-5,7,11H2,1-3H3. The van der Waals surface area contributed by atoms with Crippen molar-refractivity contribution in [2.24, 2.45) is 5.92 Å². The first-order valence-electron chi connectivity index (χ1n) is 8.40. The molecule has 6 nitrogen and oxygen atoms in total. The maximum atomic E-state index is 12.1. The molecule has 2 fully saturated rings. The van der Waals surface area contributed by atoms with Gasteiger partial charge in [-0.3, -0.25) is 4.98 Å². The molecule has 3 unspecified atom stereocenters. The lowest BCUT2D eigenvalue weighted by molar-refractivity contribution is -0.108. The van der Waals surface area contributed by atoms with Gasteiger partial charge >= 0.3 is 6.09 Å². The molecule has 1 saturated carbocycles. The molecule has 1 saturated heterocycles. The van der Waals surface area contributed by atoms with Crippen molar-refractivity contribution in [3.05, 3.63) is 24.0 Å². The van der Waals surface area contributed by atoms with Crippen LogP contribution in [0.3, 0.4) is 0 Å². The molecule has 1 aromatic heterocycles. The van der Waals surface area contributed by atoms with Crippen LogP contribution in [0.1, 0.15) is 45.1 Å². The van der Waals surface area contributed by atoms with Crippen LogP contribution in [0, 0.1) is 5.92 Å². The number of nitrogens with zero attached hydrogens (tertiary/aromatic N) is 2. The Labute approximate surface area is 142 Å². The van der Waals surface area contributed by atoms with E-state index in [2.05, 4.69) is 4.98 Å². The summed E-state index contributed by atoms with van der Waals surface area (Å²) in [6, 6.07) is 1.98. The van der Waals surface area contributed by atoms with Crippen molar-refractivity contribution in [1.82, 2.24) is 9.88 Å². The van der Waals surface area contributed by atoms with Gasteiger partial charge in [-0.1, -0.05) is 0 Å². The van der Waals surface area contributed by atoms with Crippen molar-refractivity contribution in [2.45, 2.75) is 51.2 Å². The SMILES string of the molecule is CC(C)(C)OC(=O)N1CCC1COc1cncc(C2CC2C=O)c1. The van der Waals surface area contributed by atoms with Crippen molar-refractivity contribution < 1.29 is 19.1 Å². The average molecular weight is 332 g/mol. The van der Waals surface area contributed by atoms with Gasteiger partial charge in [0.1, 0.15) is 24.2 Å². The minimum atomic E-state index is -0.490. The molecule has 130 valence electrons. The Balaban J connectivity index is 1.52. The van der Waals surface area contributed by atoms with Crippen LogP contribution in [0.4, 0.5) is 4.79 Å². The van der Waals surface area contributed by atoms with E-state index in [0.717, 1.165) is 24.7 Å². The molecule has 0 N–H and O–H groups in total. The highest BCUT2D eigenvalue weighted by atomic mass is 16.6. The van der Waals surface area contributed by atoms with Crippen LogP contribution in [0.2, 0.25) is 0 Å². The molecule has 0 bridgehead atoms. The number of likely N-dealkylation sites (tertiary alicyclic amines) is 1. The minimum Gasteiger partial charge on any atom is -0.490 e. The molecule has 1 aliphatic carbocycles. The molecule has 1 amide bonds. The summed E-state index contributed by atoms with van der Waals surface area (Å²) in [5, 5.41) is 0. The summed E-state index contributed by atoms with van der Waals surface area (Å²) < 4.78 is 11.2. The van der Waals surface area contributed by atoms with Crippen molar-refractivity contribution in [3.8, 4) is 5.75 Å². The zero-order chi connectivity index (χ0) is 17.3. The van der Waals surface area contributed by atoms with E-state index in [-0.39, 0.29) is 24.0 Å². The van der Waals surface area contributed by atoms with Crippen LogP contribution in [0.15, 0.2) is 18.5 Å². The lowest BCUT2D eigenvalue weighted by atomic mass is 10.1. The summed E-state index contributed by atoms with van der Waals surface area (Å²) in [7, 11) is 0. The van der Waals surface area contributed by atoms with Crippen LogP contribution in [-0.2, 0) is 9.53 Å². The first-order valence-corrected chi connectivity index (χ1v) is 8.40. The second-order valence-electron chi connectivity index (χ2n) is 7.52. The number of aromatic nitrogens is 1. The third kappa shape index (κ3) is 3.86. The van der Waals surface area contributed by atoms with Crippen molar-refractivity contribution in [2.75, 3.05) is 13.2 Å². The minimum absolute atomic E-state index is 0.0344. The highest BCUT2D eigenvalue weighted by Gasteiger charge is 2.39. The summed E-state index contributed by atoms with van der Waals surface area (Å²) in [6.07, 6.45) is 5.97. The lowest BCUT2D eigenvalue weighted by Crippen LogP contribution is -2.55. The van der Waals surface area contributed by atoms with E-state index >= 15 is 0 Å². The fourth-order valence-corrected chi connectivity index (χ4v) is 2.83. The average Bonchev–Trinajstić information content (AvgIpc) is 3.24. The Kier molecular flexibility index (Phi) is 4.47. The number of ether oxygens (including phenoxy) is 2. The van der Waals surface area contributed by atoms with E-state index in [0.29, 0.717) is 18.9 Å². The zero-order valence-electron chi connectivity index (χ0n) is 14.4. The maximum Gasteiger partial charge on any atom is 0.410 e. The molecule has 3 rings (SSSR count). The fraction of sp³-hybridized carbons (Fsp3) is 0.611. The molecular weight excluding hydrogens is 308 g/mol. The third-order valence-electron chi connectivity index (χ3n) is 4.39. The second kappa shape index (κ2) is 6.42. The summed E-state index contributed by atoms with van der Waals surface area (Å²) in [6.45, 7) is 6.70. The van der Waals surface area contributed by atoms with Gasteiger partial charge in [0.15, 0.2) is 0 Å². The first-order chi connectivity index (χ1) is 11.4. The zero-order valence-corrected chi connectivity index (χ0v) is 14.4. The fourth-order valence-electron chi connectivity index (χ4n) is 2.83. The van der Waals surface area contributed by atoms with E-state index in [4.69, 9.17) is 9.47 Å². The number of carbonyl (C=O) groups is 2. The molecular formula is C18H24N2O4. The number of amides is 1. The van der Waals surface area contributed by atoms with E-state index in [1.54, 1.807) is 17.3 Å². The van der Waals surface area contributed by atoms with Gasteiger partial charge in [0.05, 0.1) is 12.2 Å². The van der Waals surface area contributed by atoms with Crippen molar-refractivity contribution >= 4 is 12.4 Å². The molecule has 2 heterocycles. The molecule has 0 radical (unpaired) electrons. The molecule has 1 aliphatic heterocycles. The summed E-state index contributed by atoms with van der Waals surface area (Å²) >= 11 is 0. The van der Waals surface area contributed by atoms with E-state index in [1.165, 1.54) is 0 Å². The van der Waals surface area contributed by atoms with Gasteiger partial charge in [-0.25, -0.2) is 4.79 Å². The molecule has 24 heavy (non-hydrogen) atoms. The third-order valence-corrected chi connectivity index (χ3v) is 4.39. The number of rotatable bonds is 5. The maximum absolute atomic E-state index is 12.1. The summed E-state index contributed by atoms with van der Waals surface area (Å²) in [5.74, 6) is 1.08. The Morgan fingerprint density at radius 1 is 1.42 bits per heavy atom. The van der Waals surface area contributed by atoms with E-state index in [1.807, 2.05) is 26.8 Å². The van der Waals surface area contributed by atoms with Gasteiger partial charge in [-0.2, -0.15) is 0 Å². The second-order valence-corrected chi connectivity index (χ2v) is 7.52. The summed E-state index contributed by atoms with van der Waals surface area (Å²) in [5.41, 5.74) is 0.553. The number of hydrogen-bond acceptors (Lipinski definition) is 5. The van der Waals surface area contributed by atoms with Gasteiger partial charge in [-0.15, -0.1) is 0 Å². The molecule has 1 aromatic rings. The Morgan fingerprint density at radius 2 is 2.21 bits per heavy atom. The Morgan fingerprint density at radius 3 is 2.79 bits per heavy atom. The van der Waals surface area contributed by atoms with E-state index in [9.17, 15) is 9.59 Å². The van der Waals surface area contributed by atoms with Crippen molar-refractivity contribution in [1.29, 1.82) is 0 Å². The van der Waals surface area contributed by atoms with Crippen LogP contribution in [0.5, 0.6) is 5.75 Å². The Hall–Kier alpha value is -2.11. The first kappa shape index (κ1) is 16.7. The topological polar surface area (TPSA) is 68.7 Å². The Bertz CT molecular complexity index is 626. The normalized spacial score (nSPS) is 25.6. The van der Waals surface area contributed by atoms with Gasteiger partial charge in [0.2, 0.25) is 0 Å². The van der Waals surface area contributed by atoms with Gasteiger partial charge in [-0.05, 0) is 51.2 Å². The van der Waals surface area contributed by atoms with Gasteiger partial charge < -0.3 is 19.2 Å². The van der Waals surface area contributed by atoms with Crippen LogP contribution in [-0.4, -0.2) is 47.1 Å². The van der Waals surface area contributed by atoms with Crippen LogP contribution in [0.25, 0.3) is 0 Å². The van der Waals surface area contributed by atoms with Crippen molar-refractivity contribution in [3.63, 3.8) is 0 Å². The van der Waals surface area contributed by atoms with Crippen LogP contribution >= 0.6 is 0 Å². The quantitative estimate of drug-likeness (QED) is 0.776. The highest BCUT2D eigenvalue weighted by Crippen LogP contribution is 2.46. The number of carbonyl (C=O) groups excluding carboxylic acids is 2. The molecule has 2 aliphatic rings. The predicted octanol–water partition coefficient (Wildman–Crippen LogP) is 2.77.